The lowest BCUT2D eigenvalue weighted by Gasteiger charge is -2.05. The molecule has 1 amide bonds. The average Bonchev–Trinajstić information content (AvgIpc) is 3.26. The minimum Gasteiger partial charge on any atom is -0.340 e. The number of H-pyrrole nitrogens is 1. The number of carbonyl (C=O) groups excluding carboxylic acids is 1. The van der Waals surface area contributed by atoms with Crippen LogP contribution in [0.3, 0.4) is 0 Å². The van der Waals surface area contributed by atoms with E-state index >= 15 is 0 Å². The molecule has 0 atom stereocenters. The Balaban J connectivity index is 1.62. The molecule has 2 aromatic carbocycles. The van der Waals surface area contributed by atoms with Crippen LogP contribution in [-0.4, -0.2) is 20.7 Å². The van der Waals surface area contributed by atoms with Crippen LogP contribution in [0, 0.1) is 6.92 Å². The third-order valence-electron chi connectivity index (χ3n) is 4.54. The van der Waals surface area contributed by atoms with Gasteiger partial charge in [-0.2, -0.15) is 5.10 Å². The largest absolute Gasteiger partial charge is 0.340 e. The summed E-state index contributed by atoms with van der Waals surface area (Å²) in [5.41, 5.74) is 4.85. The fourth-order valence-electron chi connectivity index (χ4n) is 3.18. The molecule has 0 radical (unpaired) electrons. The van der Waals surface area contributed by atoms with Gasteiger partial charge in [0.1, 0.15) is 0 Å². The van der Waals surface area contributed by atoms with Crippen molar-refractivity contribution in [2.45, 2.75) is 20.4 Å². The van der Waals surface area contributed by atoms with Gasteiger partial charge in [-0.3, -0.25) is 9.89 Å². The monoisotopic (exact) mass is 344 g/mol. The van der Waals surface area contributed by atoms with Crippen molar-refractivity contribution in [1.29, 1.82) is 0 Å². The molecule has 4 aromatic rings. The summed E-state index contributed by atoms with van der Waals surface area (Å²) in [7, 11) is 0. The normalized spacial score (nSPS) is 11.0. The Morgan fingerprint density at radius 1 is 1.12 bits per heavy atom. The molecule has 0 bridgehead atoms. The molecule has 2 aromatic heterocycles. The average molecular weight is 344 g/mol. The van der Waals surface area contributed by atoms with Crippen LogP contribution >= 0.6 is 0 Å². The number of aromatic amines is 1. The van der Waals surface area contributed by atoms with E-state index in [2.05, 4.69) is 45.2 Å². The Morgan fingerprint density at radius 2 is 1.88 bits per heavy atom. The maximum Gasteiger partial charge on any atom is 0.256 e. The first kappa shape index (κ1) is 16.1. The second-order valence-electron chi connectivity index (χ2n) is 6.32. The predicted molar refractivity (Wildman–Crippen MR) is 104 cm³/mol. The van der Waals surface area contributed by atoms with E-state index in [9.17, 15) is 4.79 Å². The highest BCUT2D eigenvalue weighted by Gasteiger charge is 2.13. The third-order valence-corrected chi connectivity index (χ3v) is 4.54. The minimum absolute atomic E-state index is 0.168. The summed E-state index contributed by atoms with van der Waals surface area (Å²) in [6.07, 6.45) is 0. The van der Waals surface area contributed by atoms with Crippen LogP contribution < -0.4 is 5.32 Å². The molecule has 5 heteroatoms. The summed E-state index contributed by atoms with van der Waals surface area (Å²) >= 11 is 0. The summed E-state index contributed by atoms with van der Waals surface area (Å²) < 4.78 is 2.23. The molecule has 0 unspecified atom stereocenters. The van der Waals surface area contributed by atoms with E-state index in [0.717, 1.165) is 23.5 Å². The lowest BCUT2D eigenvalue weighted by atomic mass is 10.1. The Hall–Kier alpha value is -3.34. The Labute approximate surface area is 151 Å². The van der Waals surface area contributed by atoms with Crippen LogP contribution in [0.5, 0.6) is 0 Å². The van der Waals surface area contributed by atoms with Crippen molar-refractivity contribution in [2.24, 2.45) is 0 Å². The number of rotatable bonds is 4. The number of carbonyl (C=O) groups is 1. The number of amides is 1. The number of hydrogen-bond donors (Lipinski definition) is 2. The van der Waals surface area contributed by atoms with Crippen molar-refractivity contribution in [2.75, 3.05) is 5.32 Å². The summed E-state index contributed by atoms with van der Waals surface area (Å²) in [4.78, 5) is 12.4. The second kappa shape index (κ2) is 6.52. The summed E-state index contributed by atoms with van der Waals surface area (Å²) in [6.45, 7) is 4.97. The molecule has 2 N–H and O–H groups in total. The van der Waals surface area contributed by atoms with E-state index in [-0.39, 0.29) is 5.91 Å². The van der Waals surface area contributed by atoms with Crippen LogP contribution in [0.2, 0.25) is 0 Å². The van der Waals surface area contributed by atoms with E-state index in [1.54, 1.807) is 0 Å². The number of benzene rings is 2. The molecule has 130 valence electrons. The molecule has 0 fully saturated rings. The molecule has 5 nitrogen and oxygen atoms in total. The lowest BCUT2D eigenvalue weighted by molar-refractivity contribution is 0.102. The SMILES string of the molecule is CCn1c(-c2cc(NC(=O)c3ccc(C)cc3)n[nH]2)cc2ccccc21. The predicted octanol–water partition coefficient (Wildman–Crippen LogP) is 4.61. The first-order valence-corrected chi connectivity index (χ1v) is 8.68. The number of hydrogen-bond acceptors (Lipinski definition) is 2. The summed E-state index contributed by atoms with van der Waals surface area (Å²) in [5, 5.41) is 11.3. The van der Waals surface area contributed by atoms with Gasteiger partial charge < -0.3 is 9.88 Å². The van der Waals surface area contributed by atoms with E-state index in [1.165, 1.54) is 10.9 Å². The Kier molecular flexibility index (Phi) is 4.05. The fourth-order valence-corrected chi connectivity index (χ4v) is 3.18. The van der Waals surface area contributed by atoms with E-state index in [0.29, 0.717) is 11.4 Å². The second-order valence-corrected chi connectivity index (χ2v) is 6.32. The Bertz CT molecular complexity index is 1070. The number of aryl methyl sites for hydroxylation is 2. The molecule has 4 rings (SSSR count). The van der Waals surface area contributed by atoms with Crippen LogP contribution in [0.4, 0.5) is 5.82 Å². The van der Waals surface area contributed by atoms with Crippen molar-refractivity contribution < 1.29 is 4.79 Å². The van der Waals surface area contributed by atoms with Gasteiger partial charge in [-0.05, 0) is 38.1 Å². The van der Waals surface area contributed by atoms with Gasteiger partial charge in [-0.15, -0.1) is 0 Å². The highest BCUT2D eigenvalue weighted by molar-refractivity contribution is 6.04. The zero-order valence-corrected chi connectivity index (χ0v) is 14.8. The first-order chi connectivity index (χ1) is 12.7. The molecule has 0 saturated heterocycles. The molecule has 2 heterocycles. The van der Waals surface area contributed by atoms with E-state index in [1.807, 2.05) is 49.4 Å². The van der Waals surface area contributed by atoms with Crippen molar-refractivity contribution >= 4 is 22.6 Å². The molecule has 0 aliphatic carbocycles. The number of aromatic nitrogens is 3. The highest BCUT2D eigenvalue weighted by Crippen LogP contribution is 2.28. The number of para-hydroxylation sites is 1. The van der Waals surface area contributed by atoms with Gasteiger partial charge >= 0.3 is 0 Å². The molecule has 0 saturated carbocycles. The van der Waals surface area contributed by atoms with Crippen molar-refractivity contribution in [3.63, 3.8) is 0 Å². The van der Waals surface area contributed by atoms with Gasteiger partial charge in [0.15, 0.2) is 5.82 Å². The summed E-state index contributed by atoms with van der Waals surface area (Å²) in [6, 6.07) is 19.8. The smallest absolute Gasteiger partial charge is 0.256 e. The highest BCUT2D eigenvalue weighted by atomic mass is 16.1. The van der Waals surface area contributed by atoms with Gasteiger partial charge in [-0.25, -0.2) is 0 Å². The number of nitrogens with zero attached hydrogens (tertiary/aromatic N) is 2. The van der Waals surface area contributed by atoms with Gasteiger partial charge in [0.2, 0.25) is 0 Å². The van der Waals surface area contributed by atoms with E-state index in [4.69, 9.17) is 0 Å². The van der Waals surface area contributed by atoms with Crippen LogP contribution in [0.15, 0.2) is 60.7 Å². The molecule has 26 heavy (non-hydrogen) atoms. The fraction of sp³-hybridized carbons (Fsp3) is 0.143. The quantitative estimate of drug-likeness (QED) is 0.568. The molecule has 0 aliphatic heterocycles. The van der Waals surface area contributed by atoms with Crippen molar-refractivity contribution in [3.05, 3.63) is 71.8 Å². The van der Waals surface area contributed by atoms with Gasteiger partial charge in [-0.1, -0.05) is 35.9 Å². The van der Waals surface area contributed by atoms with Crippen molar-refractivity contribution in [1.82, 2.24) is 14.8 Å². The van der Waals surface area contributed by atoms with Crippen LogP contribution in [-0.2, 0) is 6.54 Å². The zero-order chi connectivity index (χ0) is 18.1. The standard InChI is InChI=1S/C21H20N4O/c1-3-25-18-7-5-4-6-16(18)12-19(25)17-13-20(24-23-17)22-21(26)15-10-8-14(2)9-11-15/h4-13H,3H2,1-2H3,(H2,22,23,24,26). The maximum atomic E-state index is 12.4. The van der Waals surface area contributed by atoms with Gasteiger partial charge in [0, 0.05) is 29.1 Å². The molecular formula is C21H20N4O. The van der Waals surface area contributed by atoms with Crippen molar-refractivity contribution in [3.8, 4) is 11.4 Å². The third kappa shape index (κ3) is 2.88. The lowest BCUT2D eigenvalue weighted by Crippen LogP contribution is -2.11. The van der Waals surface area contributed by atoms with Crippen LogP contribution in [0.1, 0.15) is 22.8 Å². The minimum atomic E-state index is -0.168. The molecular weight excluding hydrogens is 324 g/mol. The number of anilines is 1. The first-order valence-electron chi connectivity index (χ1n) is 8.68. The number of fused-ring (bicyclic) bond motifs is 1. The zero-order valence-electron chi connectivity index (χ0n) is 14.8. The topological polar surface area (TPSA) is 62.7 Å². The van der Waals surface area contributed by atoms with Crippen LogP contribution in [0.25, 0.3) is 22.3 Å². The van der Waals surface area contributed by atoms with E-state index < -0.39 is 0 Å². The summed E-state index contributed by atoms with van der Waals surface area (Å²) in [5.74, 6) is 0.345. The van der Waals surface area contributed by atoms with Gasteiger partial charge in [0.05, 0.1) is 11.4 Å². The maximum absolute atomic E-state index is 12.4. The molecule has 0 aliphatic rings. The van der Waals surface area contributed by atoms with Gasteiger partial charge in [0.25, 0.3) is 5.91 Å². The Morgan fingerprint density at radius 3 is 2.65 bits per heavy atom. The number of nitrogens with one attached hydrogen (secondary N) is 2. The molecule has 0 spiro atoms.